The summed E-state index contributed by atoms with van der Waals surface area (Å²) in [6, 6.07) is -4.48. The predicted molar refractivity (Wildman–Crippen MR) is 121 cm³/mol. The minimum atomic E-state index is -1.28. The van der Waals surface area contributed by atoms with Gasteiger partial charge in [-0.1, -0.05) is 13.8 Å². The number of aldehydes is 1. The van der Waals surface area contributed by atoms with Crippen molar-refractivity contribution < 1.29 is 43.8 Å². The highest BCUT2D eigenvalue weighted by Gasteiger charge is 2.39. The zero-order valence-electron chi connectivity index (χ0n) is 20.1. The normalized spacial score (nSPS) is 17.7. The molecule has 1 aliphatic rings. The van der Waals surface area contributed by atoms with Crippen LogP contribution in [0.5, 0.6) is 0 Å². The van der Waals surface area contributed by atoms with Gasteiger partial charge in [0.25, 0.3) is 0 Å². The van der Waals surface area contributed by atoms with E-state index in [1.807, 2.05) is 13.8 Å². The lowest BCUT2D eigenvalue weighted by atomic mass is 10.0. The molecule has 1 saturated heterocycles. The van der Waals surface area contributed by atoms with E-state index in [1.165, 1.54) is 11.8 Å². The van der Waals surface area contributed by atoms with Gasteiger partial charge < -0.3 is 35.9 Å². The van der Waals surface area contributed by atoms with Crippen LogP contribution in [0.3, 0.4) is 0 Å². The number of carbonyl (C=O) groups excluding carboxylic acids is 5. The number of hydrogen-bond donors (Lipinski definition) is 5. The quantitative estimate of drug-likeness (QED) is 0.187. The lowest BCUT2D eigenvalue weighted by Gasteiger charge is -2.30. The highest BCUT2D eigenvalue weighted by molar-refractivity contribution is 5.95. The van der Waals surface area contributed by atoms with Crippen molar-refractivity contribution in [3.63, 3.8) is 0 Å². The van der Waals surface area contributed by atoms with Crippen molar-refractivity contribution in [2.24, 2.45) is 5.92 Å². The van der Waals surface area contributed by atoms with Gasteiger partial charge in [0.15, 0.2) is 0 Å². The first-order valence-electron chi connectivity index (χ1n) is 11.4. The van der Waals surface area contributed by atoms with Crippen LogP contribution in [0.25, 0.3) is 0 Å². The Labute approximate surface area is 203 Å². The van der Waals surface area contributed by atoms with Gasteiger partial charge in [-0.15, -0.1) is 0 Å². The third kappa shape index (κ3) is 10.1. The number of nitrogens with one attached hydrogen (secondary N) is 3. The van der Waals surface area contributed by atoms with Gasteiger partial charge in [0.2, 0.25) is 23.6 Å². The van der Waals surface area contributed by atoms with Crippen LogP contribution in [0.15, 0.2) is 0 Å². The molecule has 0 aliphatic carbocycles. The number of hydrogen-bond acceptors (Lipinski definition) is 7. The average molecular weight is 499 g/mol. The zero-order valence-corrected chi connectivity index (χ0v) is 20.1. The summed E-state index contributed by atoms with van der Waals surface area (Å²) in [6.45, 7) is 5.10. The van der Waals surface area contributed by atoms with Crippen molar-refractivity contribution in [1.29, 1.82) is 0 Å². The van der Waals surface area contributed by atoms with Gasteiger partial charge in [-0.3, -0.25) is 28.8 Å². The van der Waals surface area contributed by atoms with Gasteiger partial charge in [-0.05, 0) is 31.6 Å². The fraction of sp³-hybridized carbons (Fsp3) is 0.682. The van der Waals surface area contributed by atoms with Gasteiger partial charge in [-0.2, -0.15) is 0 Å². The monoisotopic (exact) mass is 498 g/mol. The summed E-state index contributed by atoms with van der Waals surface area (Å²) < 4.78 is 0. The number of likely N-dealkylation sites (tertiary alicyclic amines) is 1. The molecule has 0 bridgehead atoms. The van der Waals surface area contributed by atoms with Crippen molar-refractivity contribution in [2.45, 2.75) is 83.5 Å². The predicted octanol–water partition coefficient (Wildman–Crippen LogP) is -0.964. The molecule has 4 amide bonds. The SMILES string of the molecule is CC(=O)NC(CC(C)C)C(=O)NC(CCC(=O)O)C(=O)N1CCCC1C(=O)NC(C=O)CC(=O)O. The summed E-state index contributed by atoms with van der Waals surface area (Å²) in [5.41, 5.74) is 0. The molecule has 1 fully saturated rings. The standard InChI is InChI=1S/C22H34N4O9/c1-12(2)9-16(23-13(3)28)20(33)25-15(6-7-18(29)30)22(35)26-8-4-5-17(26)21(34)24-14(11-27)10-19(31)32/h11-12,14-17H,4-10H2,1-3H3,(H,23,28)(H,24,34)(H,25,33)(H,29,30)(H,31,32). The van der Waals surface area contributed by atoms with Gasteiger partial charge in [0.05, 0.1) is 12.5 Å². The Bertz CT molecular complexity index is 830. The first-order chi connectivity index (χ1) is 16.3. The van der Waals surface area contributed by atoms with Crippen LogP contribution < -0.4 is 16.0 Å². The second kappa shape index (κ2) is 14.0. The van der Waals surface area contributed by atoms with Crippen LogP contribution in [0.4, 0.5) is 0 Å². The topological polar surface area (TPSA) is 199 Å². The van der Waals surface area contributed by atoms with Crippen LogP contribution in [0.2, 0.25) is 0 Å². The molecule has 0 saturated carbocycles. The van der Waals surface area contributed by atoms with E-state index in [9.17, 15) is 33.6 Å². The summed E-state index contributed by atoms with van der Waals surface area (Å²) >= 11 is 0. The van der Waals surface area contributed by atoms with Gasteiger partial charge >= 0.3 is 11.9 Å². The molecule has 1 heterocycles. The first-order valence-corrected chi connectivity index (χ1v) is 11.4. The molecule has 13 nitrogen and oxygen atoms in total. The van der Waals surface area contributed by atoms with E-state index >= 15 is 0 Å². The van der Waals surface area contributed by atoms with E-state index in [2.05, 4.69) is 16.0 Å². The highest BCUT2D eigenvalue weighted by Crippen LogP contribution is 2.20. The van der Waals surface area contributed by atoms with Gasteiger partial charge in [0, 0.05) is 19.9 Å². The van der Waals surface area contributed by atoms with Crippen LogP contribution in [0, 0.1) is 5.92 Å². The zero-order chi connectivity index (χ0) is 26.7. The smallest absolute Gasteiger partial charge is 0.305 e. The number of aliphatic carboxylic acids is 2. The van der Waals surface area contributed by atoms with Crippen LogP contribution >= 0.6 is 0 Å². The maximum Gasteiger partial charge on any atom is 0.305 e. The Morgan fingerprint density at radius 3 is 2.17 bits per heavy atom. The Hall–Kier alpha value is -3.51. The van der Waals surface area contributed by atoms with Crippen LogP contribution in [-0.2, 0) is 33.6 Å². The fourth-order valence-corrected chi connectivity index (χ4v) is 3.85. The molecule has 4 unspecified atom stereocenters. The van der Waals surface area contributed by atoms with E-state index < -0.39 is 72.6 Å². The molecular formula is C22H34N4O9. The molecule has 196 valence electrons. The third-order valence-electron chi connectivity index (χ3n) is 5.39. The van der Waals surface area contributed by atoms with Crippen molar-refractivity contribution in [2.75, 3.05) is 6.54 Å². The Balaban J connectivity index is 3.05. The Morgan fingerprint density at radius 1 is 1.00 bits per heavy atom. The van der Waals surface area contributed by atoms with Crippen LogP contribution in [-0.4, -0.2) is 87.7 Å². The minimum absolute atomic E-state index is 0.0361. The Kier molecular flexibility index (Phi) is 11.8. The molecule has 0 radical (unpaired) electrons. The summed E-state index contributed by atoms with van der Waals surface area (Å²) in [6.07, 6.45) is -0.0186. The summed E-state index contributed by atoms with van der Waals surface area (Å²) in [7, 11) is 0. The lowest BCUT2D eigenvalue weighted by Crippen LogP contribution is -2.57. The molecule has 0 aromatic heterocycles. The number of carboxylic acids is 2. The molecule has 13 heteroatoms. The average Bonchev–Trinajstić information content (AvgIpc) is 3.23. The van der Waals surface area contributed by atoms with E-state index in [4.69, 9.17) is 10.2 Å². The minimum Gasteiger partial charge on any atom is -0.481 e. The van der Waals surface area contributed by atoms with Gasteiger partial charge in [-0.25, -0.2) is 0 Å². The molecule has 4 atom stereocenters. The van der Waals surface area contributed by atoms with Crippen molar-refractivity contribution in [3.05, 3.63) is 0 Å². The van der Waals surface area contributed by atoms with E-state index in [1.54, 1.807) is 0 Å². The lowest BCUT2D eigenvalue weighted by molar-refractivity contribution is -0.144. The van der Waals surface area contributed by atoms with E-state index in [-0.39, 0.29) is 31.7 Å². The summed E-state index contributed by atoms with van der Waals surface area (Å²) in [5, 5.41) is 25.3. The number of nitrogens with zero attached hydrogens (tertiary/aromatic N) is 1. The number of carboxylic acid groups (broad SMARTS) is 2. The van der Waals surface area contributed by atoms with Crippen molar-refractivity contribution in [3.8, 4) is 0 Å². The number of carbonyl (C=O) groups is 7. The van der Waals surface area contributed by atoms with Crippen molar-refractivity contribution in [1.82, 2.24) is 20.9 Å². The molecular weight excluding hydrogens is 464 g/mol. The second-order valence-electron chi connectivity index (χ2n) is 8.91. The number of amides is 4. The molecule has 0 aromatic carbocycles. The van der Waals surface area contributed by atoms with E-state index in [0.717, 1.165) is 0 Å². The summed E-state index contributed by atoms with van der Waals surface area (Å²) in [4.78, 5) is 84.7. The molecule has 35 heavy (non-hydrogen) atoms. The third-order valence-corrected chi connectivity index (χ3v) is 5.39. The molecule has 1 aliphatic heterocycles. The Morgan fingerprint density at radius 2 is 1.66 bits per heavy atom. The maximum atomic E-state index is 13.3. The molecule has 1 rings (SSSR count). The maximum absolute atomic E-state index is 13.3. The van der Waals surface area contributed by atoms with E-state index in [0.29, 0.717) is 12.7 Å². The number of rotatable bonds is 14. The van der Waals surface area contributed by atoms with Gasteiger partial charge in [0.1, 0.15) is 24.4 Å². The highest BCUT2D eigenvalue weighted by atomic mass is 16.4. The molecule has 0 aromatic rings. The van der Waals surface area contributed by atoms with Crippen LogP contribution in [0.1, 0.15) is 59.3 Å². The second-order valence-corrected chi connectivity index (χ2v) is 8.91. The molecule has 0 spiro atoms. The fourth-order valence-electron chi connectivity index (χ4n) is 3.85. The molecule has 5 N–H and O–H groups in total. The van der Waals surface area contributed by atoms with Crippen molar-refractivity contribution >= 4 is 41.9 Å². The largest absolute Gasteiger partial charge is 0.481 e. The summed E-state index contributed by atoms with van der Waals surface area (Å²) in [5.74, 6) is -4.92. The first kappa shape index (κ1) is 29.5.